The van der Waals surface area contributed by atoms with E-state index in [2.05, 4.69) is 10.3 Å². The van der Waals surface area contributed by atoms with Gasteiger partial charge in [0, 0.05) is 37.1 Å². The van der Waals surface area contributed by atoms with Crippen LogP contribution in [0.3, 0.4) is 0 Å². The lowest BCUT2D eigenvalue weighted by atomic mass is 9.93. The van der Waals surface area contributed by atoms with Crippen molar-refractivity contribution < 1.29 is 19.1 Å². The van der Waals surface area contributed by atoms with E-state index in [1.807, 2.05) is 24.3 Å². The van der Waals surface area contributed by atoms with Gasteiger partial charge in [-0.15, -0.1) is 0 Å². The zero-order valence-corrected chi connectivity index (χ0v) is 18.8. The Hall–Kier alpha value is -3.00. The topological polar surface area (TPSA) is 84.0 Å². The Kier molecular flexibility index (Phi) is 6.99. The summed E-state index contributed by atoms with van der Waals surface area (Å²) >= 11 is 5.85. The van der Waals surface area contributed by atoms with Gasteiger partial charge in [-0.05, 0) is 56.0 Å². The molecule has 8 nitrogen and oxygen atoms in total. The molecule has 2 fully saturated rings. The number of benzene rings is 1. The van der Waals surface area contributed by atoms with Crippen LogP contribution < -0.4 is 19.7 Å². The standard InChI is InChI=1S/C23H27ClN4O4/c1-31-19-9-5-18(6-10-19)28-13-12-27(23(28)30)15-21(29)26-17-3-7-20(8-4-17)32-22-11-2-16(24)14-25-22/h2,5-6,9-11,14,17,20H,3-4,7-8,12-13,15H2,1H3,(H,26,29). The summed E-state index contributed by atoms with van der Waals surface area (Å²) in [6.07, 6.45) is 4.98. The summed E-state index contributed by atoms with van der Waals surface area (Å²) in [6, 6.07) is 10.8. The summed E-state index contributed by atoms with van der Waals surface area (Å²) in [6.45, 7) is 1.14. The van der Waals surface area contributed by atoms with Gasteiger partial charge < -0.3 is 19.7 Å². The Bertz CT molecular complexity index is 930. The molecule has 9 heteroatoms. The number of rotatable bonds is 7. The van der Waals surface area contributed by atoms with Gasteiger partial charge >= 0.3 is 6.03 Å². The monoisotopic (exact) mass is 458 g/mol. The molecule has 2 aromatic rings. The summed E-state index contributed by atoms with van der Waals surface area (Å²) in [5, 5.41) is 3.65. The van der Waals surface area contributed by atoms with Gasteiger partial charge in [0.1, 0.15) is 18.4 Å². The fourth-order valence-corrected chi connectivity index (χ4v) is 4.22. The SMILES string of the molecule is COc1ccc(N2CCN(CC(=O)NC3CCC(Oc4ccc(Cl)cn4)CC3)C2=O)cc1. The van der Waals surface area contributed by atoms with Crippen LogP contribution in [-0.2, 0) is 4.79 Å². The zero-order chi connectivity index (χ0) is 22.5. The number of carbonyl (C=O) groups is 2. The molecule has 4 rings (SSSR count). The van der Waals surface area contributed by atoms with Crippen molar-refractivity contribution in [1.29, 1.82) is 0 Å². The van der Waals surface area contributed by atoms with Crippen molar-refractivity contribution >= 4 is 29.2 Å². The number of nitrogens with zero attached hydrogens (tertiary/aromatic N) is 3. The largest absolute Gasteiger partial charge is 0.497 e. The molecule has 1 N–H and O–H groups in total. The molecule has 0 bridgehead atoms. The third-order valence-electron chi connectivity index (χ3n) is 5.84. The number of ether oxygens (including phenoxy) is 2. The number of anilines is 1. The van der Waals surface area contributed by atoms with Crippen LogP contribution in [0.25, 0.3) is 0 Å². The summed E-state index contributed by atoms with van der Waals surface area (Å²) < 4.78 is 11.1. The quantitative estimate of drug-likeness (QED) is 0.686. The van der Waals surface area contributed by atoms with Crippen molar-refractivity contribution in [3.05, 3.63) is 47.6 Å². The van der Waals surface area contributed by atoms with E-state index in [-0.39, 0.29) is 30.6 Å². The number of carbonyl (C=O) groups excluding carboxylic acids is 2. The Morgan fingerprint density at radius 3 is 2.53 bits per heavy atom. The molecule has 0 radical (unpaired) electrons. The van der Waals surface area contributed by atoms with Crippen LogP contribution in [0.1, 0.15) is 25.7 Å². The Labute approximate surface area is 192 Å². The first kappa shape index (κ1) is 22.2. The number of hydrogen-bond donors (Lipinski definition) is 1. The molecule has 2 aliphatic rings. The highest BCUT2D eigenvalue weighted by Crippen LogP contribution is 2.25. The van der Waals surface area contributed by atoms with Crippen LogP contribution in [0.15, 0.2) is 42.6 Å². The van der Waals surface area contributed by atoms with E-state index in [4.69, 9.17) is 21.1 Å². The van der Waals surface area contributed by atoms with Gasteiger partial charge in [-0.25, -0.2) is 9.78 Å². The number of methoxy groups -OCH3 is 1. The second kappa shape index (κ2) is 10.1. The van der Waals surface area contributed by atoms with Gasteiger partial charge in [-0.3, -0.25) is 9.69 Å². The van der Waals surface area contributed by atoms with E-state index < -0.39 is 0 Å². The lowest BCUT2D eigenvalue weighted by molar-refractivity contribution is -0.122. The molecule has 1 aliphatic carbocycles. The van der Waals surface area contributed by atoms with Crippen LogP contribution in [0.4, 0.5) is 10.5 Å². The van der Waals surface area contributed by atoms with E-state index in [0.29, 0.717) is 24.0 Å². The molecule has 1 aliphatic heterocycles. The Balaban J connectivity index is 1.21. The van der Waals surface area contributed by atoms with Gasteiger partial charge in [-0.2, -0.15) is 0 Å². The van der Waals surface area contributed by atoms with Crippen LogP contribution >= 0.6 is 11.6 Å². The molecule has 170 valence electrons. The number of halogens is 1. The predicted molar refractivity (Wildman–Crippen MR) is 121 cm³/mol. The highest BCUT2D eigenvalue weighted by molar-refractivity contribution is 6.30. The second-order valence-corrected chi connectivity index (χ2v) is 8.46. The average Bonchev–Trinajstić information content (AvgIpc) is 3.16. The van der Waals surface area contributed by atoms with Gasteiger partial charge in [0.15, 0.2) is 0 Å². The Morgan fingerprint density at radius 2 is 1.88 bits per heavy atom. The molecule has 1 saturated carbocycles. The van der Waals surface area contributed by atoms with E-state index in [0.717, 1.165) is 37.1 Å². The van der Waals surface area contributed by atoms with Crippen molar-refractivity contribution in [2.75, 3.05) is 31.6 Å². The molecule has 3 amide bonds. The van der Waals surface area contributed by atoms with Crippen molar-refractivity contribution in [1.82, 2.24) is 15.2 Å². The fraction of sp³-hybridized carbons (Fsp3) is 0.435. The molecular weight excluding hydrogens is 432 g/mol. The number of urea groups is 1. The van der Waals surface area contributed by atoms with Crippen LogP contribution in [0.5, 0.6) is 11.6 Å². The van der Waals surface area contributed by atoms with Crippen molar-refractivity contribution in [3.63, 3.8) is 0 Å². The number of amides is 3. The smallest absolute Gasteiger partial charge is 0.325 e. The van der Waals surface area contributed by atoms with Gasteiger partial charge in [0.25, 0.3) is 0 Å². The molecule has 0 unspecified atom stereocenters. The molecule has 0 atom stereocenters. The van der Waals surface area contributed by atoms with Crippen LogP contribution in [-0.4, -0.2) is 60.7 Å². The Morgan fingerprint density at radius 1 is 1.12 bits per heavy atom. The van der Waals surface area contributed by atoms with Crippen molar-refractivity contribution in [3.8, 4) is 11.6 Å². The van der Waals surface area contributed by atoms with Crippen molar-refractivity contribution in [2.45, 2.75) is 37.8 Å². The summed E-state index contributed by atoms with van der Waals surface area (Å²) in [7, 11) is 1.60. The number of pyridine rings is 1. The highest BCUT2D eigenvalue weighted by Gasteiger charge is 2.32. The van der Waals surface area contributed by atoms with Crippen molar-refractivity contribution in [2.24, 2.45) is 0 Å². The molecule has 1 aromatic carbocycles. The maximum atomic E-state index is 12.7. The molecular formula is C23H27ClN4O4. The summed E-state index contributed by atoms with van der Waals surface area (Å²) in [4.78, 5) is 32.7. The van der Waals surface area contributed by atoms with Gasteiger partial charge in [0.05, 0.1) is 12.1 Å². The fourth-order valence-electron chi connectivity index (χ4n) is 4.11. The lowest BCUT2D eigenvalue weighted by Crippen LogP contribution is -2.45. The zero-order valence-electron chi connectivity index (χ0n) is 18.0. The van der Waals surface area contributed by atoms with Gasteiger partial charge in [0.2, 0.25) is 11.8 Å². The average molecular weight is 459 g/mol. The molecule has 32 heavy (non-hydrogen) atoms. The third kappa shape index (κ3) is 5.43. The van der Waals surface area contributed by atoms with E-state index in [1.54, 1.807) is 35.2 Å². The van der Waals surface area contributed by atoms with E-state index >= 15 is 0 Å². The summed E-state index contributed by atoms with van der Waals surface area (Å²) in [5.41, 5.74) is 0.798. The molecule has 0 spiro atoms. The minimum atomic E-state index is -0.155. The van der Waals surface area contributed by atoms with Gasteiger partial charge in [-0.1, -0.05) is 11.6 Å². The van der Waals surface area contributed by atoms with E-state index in [1.165, 1.54) is 0 Å². The summed E-state index contributed by atoms with van der Waals surface area (Å²) in [5.74, 6) is 1.18. The molecule has 1 aromatic heterocycles. The van der Waals surface area contributed by atoms with Crippen LogP contribution in [0.2, 0.25) is 5.02 Å². The highest BCUT2D eigenvalue weighted by atomic mass is 35.5. The second-order valence-electron chi connectivity index (χ2n) is 8.03. The maximum absolute atomic E-state index is 12.7. The number of hydrogen-bond acceptors (Lipinski definition) is 5. The third-order valence-corrected chi connectivity index (χ3v) is 6.06. The predicted octanol–water partition coefficient (Wildman–Crippen LogP) is 3.49. The normalized spacial score (nSPS) is 20.9. The first-order valence-corrected chi connectivity index (χ1v) is 11.2. The minimum Gasteiger partial charge on any atom is -0.497 e. The van der Waals surface area contributed by atoms with Crippen LogP contribution in [0, 0.1) is 0 Å². The number of nitrogens with one attached hydrogen (secondary N) is 1. The number of aromatic nitrogens is 1. The van der Waals surface area contributed by atoms with E-state index in [9.17, 15) is 9.59 Å². The molecule has 1 saturated heterocycles. The molecule has 2 heterocycles. The lowest BCUT2D eigenvalue weighted by Gasteiger charge is -2.29. The first-order chi connectivity index (χ1) is 15.5. The first-order valence-electron chi connectivity index (χ1n) is 10.8. The minimum absolute atomic E-state index is 0.0661. The maximum Gasteiger partial charge on any atom is 0.325 e.